The fourth-order valence-electron chi connectivity index (χ4n) is 3.93. The van der Waals surface area contributed by atoms with E-state index >= 15 is 0 Å². The summed E-state index contributed by atoms with van der Waals surface area (Å²) in [6.45, 7) is 2.45. The number of hydrogen-bond donors (Lipinski definition) is 2. The summed E-state index contributed by atoms with van der Waals surface area (Å²) in [5, 5.41) is 11.4. The van der Waals surface area contributed by atoms with Crippen molar-refractivity contribution in [3.05, 3.63) is 59.7 Å². The third-order valence-electron chi connectivity index (χ3n) is 5.58. The molecule has 7 heteroatoms. The lowest BCUT2D eigenvalue weighted by Crippen LogP contribution is -2.39. The van der Waals surface area contributed by atoms with Gasteiger partial charge in [-0.3, -0.25) is 9.59 Å². The largest absolute Gasteiger partial charge is 0.481 e. The van der Waals surface area contributed by atoms with Crippen LogP contribution in [-0.4, -0.2) is 54.7 Å². The fourth-order valence-corrected chi connectivity index (χ4v) is 3.93. The molecule has 0 saturated heterocycles. The van der Waals surface area contributed by atoms with Gasteiger partial charge >= 0.3 is 12.1 Å². The molecular weight excluding hydrogens is 396 g/mol. The van der Waals surface area contributed by atoms with Crippen LogP contribution in [0.5, 0.6) is 0 Å². The molecular formula is C24H28N2O5. The summed E-state index contributed by atoms with van der Waals surface area (Å²) in [6.07, 6.45) is -0.149. The highest BCUT2D eigenvalue weighted by molar-refractivity contribution is 5.80. The lowest BCUT2D eigenvalue weighted by atomic mass is 9.98. The second kappa shape index (κ2) is 10.1. The molecule has 2 aromatic rings. The number of hydrogen-bond acceptors (Lipinski definition) is 4. The standard InChI is InChI=1S/C24H28N2O5/c1-16(23(29)26(2)13-7-12-22(27)28)14-25-24(30)31-15-21-19-10-5-3-8-17(19)18-9-4-6-11-20(18)21/h3-6,8-11,16,21H,7,12-15H2,1-2H3,(H,25,30)(H,27,28). The third-order valence-corrected chi connectivity index (χ3v) is 5.58. The zero-order valence-corrected chi connectivity index (χ0v) is 17.8. The van der Waals surface area contributed by atoms with Crippen molar-refractivity contribution in [3.63, 3.8) is 0 Å². The van der Waals surface area contributed by atoms with Crippen molar-refractivity contribution in [1.82, 2.24) is 10.2 Å². The maximum atomic E-state index is 12.4. The van der Waals surface area contributed by atoms with Crippen molar-refractivity contribution in [2.75, 3.05) is 26.7 Å². The van der Waals surface area contributed by atoms with E-state index in [9.17, 15) is 14.4 Å². The van der Waals surface area contributed by atoms with E-state index in [1.54, 1.807) is 14.0 Å². The Kier molecular flexibility index (Phi) is 7.28. The molecule has 0 radical (unpaired) electrons. The molecule has 1 aliphatic carbocycles. The molecule has 0 aliphatic heterocycles. The number of fused-ring (bicyclic) bond motifs is 3. The first-order chi connectivity index (χ1) is 14.9. The van der Waals surface area contributed by atoms with E-state index in [0.29, 0.717) is 13.0 Å². The minimum Gasteiger partial charge on any atom is -0.481 e. The molecule has 0 fully saturated rings. The van der Waals surface area contributed by atoms with Gasteiger partial charge in [0.25, 0.3) is 0 Å². The van der Waals surface area contributed by atoms with Gasteiger partial charge < -0.3 is 20.1 Å². The molecule has 1 unspecified atom stereocenters. The van der Waals surface area contributed by atoms with Gasteiger partial charge in [-0.1, -0.05) is 55.5 Å². The van der Waals surface area contributed by atoms with Gasteiger partial charge in [0, 0.05) is 32.5 Å². The van der Waals surface area contributed by atoms with Crippen LogP contribution in [0.15, 0.2) is 48.5 Å². The first-order valence-electron chi connectivity index (χ1n) is 10.4. The van der Waals surface area contributed by atoms with E-state index in [2.05, 4.69) is 29.6 Å². The number of alkyl carbamates (subject to hydrolysis) is 1. The first-order valence-corrected chi connectivity index (χ1v) is 10.4. The molecule has 2 aromatic carbocycles. The van der Waals surface area contributed by atoms with E-state index in [1.165, 1.54) is 4.90 Å². The van der Waals surface area contributed by atoms with Crippen LogP contribution in [0.4, 0.5) is 4.79 Å². The highest BCUT2D eigenvalue weighted by Gasteiger charge is 2.29. The van der Waals surface area contributed by atoms with Gasteiger partial charge in [-0.25, -0.2) is 4.79 Å². The number of nitrogens with zero attached hydrogens (tertiary/aromatic N) is 1. The molecule has 0 bridgehead atoms. The van der Waals surface area contributed by atoms with E-state index < -0.39 is 18.0 Å². The van der Waals surface area contributed by atoms with Crippen LogP contribution in [0.25, 0.3) is 11.1 Å². The number of nitrogens with one attached hydrogen (secondary N) is 1. The van der Waals surface area contributed by atoms with E-state index in [0.717, 1.165) is 22.3 Å². The SMILES string of the molecule is CC(CNC(=O)OCC1c2ccccc2-c2ccccc21)C(=O)N(C)CCCC(=O)O. The maximum Gasteiger partial charge on any atom is 0.407 e. The normalized spacial score (nSPS) is 13.1. The molecule has 1 atom stereocenters. The predicted molar refractivity (Wildman–Crippen MR) is 117 cm³/mol. The summed E-state index contributed by atoms with van der Waals surface area (Å²) in [7, 11) is 1.63. The Balaban J connectivity index is 1.48. The minimum absolute atomic E-state index is 0.0161. The van der Waals surface area contributed by atoms with Gasteiger partial charge in [0.15, 0.2) is 0 Å². The van der Waals surface area contributed by atoms with Gasteiger partial charge in [0.1, 0.15) is 6.61 Å². The average molecular weight is 424 g/mol. The summed E-state index contributed by atoms with van der Waals surface area (Å²) < 4.78 is 5.48. The van der Waals surface area contributed by atoms with Gasteiger partial charge in [0.2, 0.25) is 5.91 Å². The molecule has 0 spiro atoms. The van der Waals surface area contributed by atoms with Crippen LogP contribution in [0.2, 0.25) is 0 Å². The smallest absolute Gasteiger partial charge is 0.407 e. The van der Waals surface area contributed by atoms with Crippen LogP contribution in [0, 0.1) is 5.92 Å². The number of benzene rings is 2. The van der Waals surface area contributed by atoms with E-state index in [4.69, 9.17) is 9.84 Å². The Morgan fingerprint density at radius 1 is 1.06 bits per heavy atom. The number of carbonyl (C=O) groups is 3. The third kappa shape index (κ3) is 5.42. The summed E-state index contributed by atoms with van der Waals surface area (Å²) in [4.78, 5) is 36.7. The highest BCUT2D eigenvalue weighted by Crippen LogP contribution is 2.44. The Morgan fingerprint density at radius 2 is 1.65 bits per heavy atom. The van der Waals surface area contributed by atoms with Crippen molar-refractivity contribution in [1.29, 1.82) is 0 Å². The molecule has 3 rings (SSSR count). The quantitative estimate of drug-likeness (QED) is 0.642. The van der Waals surface area contributed by atoms with Gasteiger partial charge in [-0.15, -0.1) is 0 Å². The molecule has 0 aromatic heterocycles. The Labute approximate surface area is 182 Å². The van der Waals surface area contributed by atoms with Crippen molar-refractivity contribution in [3.8, 4) is 11.1 Å². The Bertz CT molecular complexity index is 913. The molecule has 2 amide bonds. The lowest BCUT2D eigenvalue weighted by Gasteiger charge is -2.21. The zero-order chi connectivity index (χ0) is 22.4. The Morgan fingerprint density at radius 3 is 2.23 bits per heavy atom. The van der Waals surface area contributed by atoms with E-state index in [-0.39, 0.29) is 31.4 Å². The predicted octanol–water partition coefficient (Wildman–Crippen LogP) is 3.48. The molecule has 7 nitrogen and oxygen atoms in total. The van der Waals surface area contributed by atoms with Gasteiger partial charge in [0.05, 0.1) is 5.92 Å². The van der Waals surface area contributed by atoms with E-state index in [1.807, 2.05) is 24.3 Å². The summed E-state index contributed by atoms with van der Waals surface area (Å²) >= 11 is 0. The zero-order valence-electron chi connectivity index (χ0n) is 17.8. The molecule has 0 heterocycles. The van der Waals surface area contributed by atoms with Crippen LogP contribution >= 0.6 is 0 Å². The van der Waals surface area contributed by atoms with Crippen molar-refractivity contribution in [2.24, 2.45) is 5.92 Å². The number of amides is 2. The topological polar surface area (TPSA) is 95.9 Å². The number of carboxylic acids is 1. The van der Waals surface area contributed by atoms with Crippen molar-refractivity contribution < 1.29 is 24.2 Å². The highest BCUT2D eigenvalue weighted by atomic mass is 16.5. The number of carboxylic acid groups (broad SMARTS) is 1. The summed E-state index contributed by atoms with van der Waals surface area (Å²) in [5.41, 5.74) is 4.61. The second-order valence-electron chi connectivity index (χ2n) is 7.86. The monoisotopic (exact) mass is 424 g/mol. The molecule has 2 N–H and O–H groups in total. The fraction of sp³-hybridized carbons (Fsp3) is 0.375. The van der Waals surface area contributed by atoms with Crippen LogP contribution in [0.1, 0.15) is 36.8 Å². The number of aliphatic carboxylic acids is 1. The Hall–Kier alpha value is -3.35. The molecule has 0 saturated carbocycles. The summed E-state index contributed by atoms with van der Waals surface area (Å²) in [6, 6.07) is 16.2. The van der Waals surface area contributed by atoms with Crippen molar-refractivity contribution in [2.45, 2.75) is 25.7 Å². The molecule has 1 aliphatic rings. The first kappa shape index (κ1) is 22.3. The average Bonchev–Trinajstić information content (AvgIpc) is 3.09. The van der Waals surface area contributed by atoms with Gasteiger partial charge in [-0.2, -0.15) is 0 Å². The van der Waals surface area contributed by atoms with Crippen LogP contribution in [0.3, 0.4) is 0 Å². The number of rotatable bonds is 9. The number of carbonyl (C=O) groups excluding carboxylic acids is 2. The molecule has 31 heavy (non-hydrogen) atoms. The molecule has 164 valence electrons. The van der Waals surface area contributed by atoms with Crippen LogP contribution < -0.4 is 5.32 Å². The summed E-state index contributed by atoms with van der Waals surface area (Å²) in [5.74, 6) is -1.48. The lowest BCUT2D eigenvalue weighted by molar-refractivity contribution is -0.138. The number of ether oxygens (including phenoxy) is 1. The maximum absolute atomic E-state index is 12.4. The second-order valence-corrected chi connectivity index (χ2v) is 7.86. The van der Waals surface area contributed by atoms with Gasteiger partial charge in [-0.05, 0) is 28.7 Å². The van der Waals surface area contributed by atoms with Crippen molar-refractivity contribution >= 4 is 18.0 Å². The minimum atomic E-state index is -0.884. The van der Waals surface area contributed by atoms with Crippen LogP contribution in [-0.2, 0) is 14.3 Å².